The molecule has 0 aliphatic heterocycles. The number of sulfone groups is 1. The third-order valence-corrected chi connectivity index (χ3v) is 6.22. The summed E-state index contributed by atoms with van der Waals surface area (Å²) in [5.41, 5.74) is 0.862. The number of benzene rings is 1. The van der Waals surface area contributed by atoms with E-state index in [2.05, 4.69) is 20.6 Å². The highest BCUT2D eigenvalue weighted by Gasteiger charge is 2.18. The molecule has 0 saturated heterocycles. The van der Waals surface area contributed by atoms with Gasteiger partial charge in [0, 0.05) is 33.1 Å². The minimum absolute atomic E-state index is 0. The number of anilines is 1. The van der Waals surface area contributed by atoms with Crippen LogP contribution in [0.15, 0.2) is 39.5 Å². The van der Waals surface area contributed by atoms with Gasteiger partial charge in [-0.2, -0.15) is 0 Å². The Labute approximate surface area is 180 Å². The molecule has 1 aromatic heterocycles. The molecule has 27 heavy (non-hydrogen) atoms. The van der Waals surface area contributed by atoms with Gasteiger partial charge in [0.1, 0.15) is 10.7 Å². The van der Waals surface area contributed by atoms with E-state index in [1.54, 1.807) is 7.05 Å². The largest absolute Gasteiger partial charge is 0.355 e. The fourth-order valence-electron chi connectivity index (χ4n) is 2.09. The van der Waals surface area contributed by atoms with Gasteiger partial charge in [0.15, 0.2) is 20.9 Å². The molecular formula is C16H23FIN5O2S2. The van der Waals surface area contributed by atoms with Crippen LogP contribution in [0.5, 0.6) is 0 Å². The number of halogens is 2. The van der Waals surface area contributed by atoms with Crippen LogP contribution in [0.1, 0.15) is 5.69 Å². The van der Waals surface area contributed by atoms with Crippen LogP contribution >= 0.6 is 35.3 Å². The first-order valence-electron chi connectivity index (χ1n) is 7.87. The zero-order valence-electron chi connectivity index (χ0n) is 15.3. The van der Waals surface area contributed by atoms with Gasteiger partial charge < -0.3 is 15.5 Å². The molecule has 0 unspecified atom stereocenters. The Bertz CT molecular complexity index is 871. The van der Waals surface area contributed by atoms with Crippen molar-refractivity contribution in [1.82, 2.24) is 15.6 Å². The Kier molecular flexibility index (Phi) is 9.39. The normalized spacial score (nSPS) is 11.6. The zero-order valence-corrected chi connectivity index (χ0v) is 19.2. The molecule has 0 bridgehead atoms. The lowest BCUT2D eigenvalue weighted by molar-refractivity contribution is 0.566. The first kappa shape index (κ1) is 23.6. The van der Waals surface area contributed by atoms with Gasteiger partial charge in [0.25, 0.3) is 0 Å². The molecule has 0 fully saturated rings. The van der Waals surface area contributed by atoms with Crippen LogP contribution < -0.4 is 15.5 Å². The topological polar surface area (TPSA) is 86.7 Å². The molecule has 0 radical (unpaired) electrons. The van der Waals surface area contributed by atoms with E-state index in [0.29, 0.717) is 12.5 Å². The molecule has 150 valence electrons. The van der Waals surface area contributed by atoms with Crippen molar-refractivity contribution in [2.45, 2.75) is 11.4 Å². The van der Waals surface area contributed by atoms with Gasteiger partial charge in [-0.25, -0.2) is 17.8 Å². The summed E-state index contributed by atoms with van der Waals surface area (Å²) in [6, 6.07) is 5.36. The number of nitrogens with one attached hydrogen (secondary N) is 2. The highest BCUT2D eigenvalue weighted by atomic mass is 127. The molecule has 2 rings (SSSR count). The van der Waals surface area contributed by atoms with E-state index >= 15 is 0 Å². The fraction of sp³-hybridized carbons (Fsp3) is 0.375. The molecule has 0 aliphatic carbocycles. The van der Waals surface area contributed by atoms with Crippen molar-refractivity contribution < 1.29 is 12.8 Å². The van der Waals surface area contributed by atoms with Gasteiger partial charge >= 0.3 is 0 Å². The lowest BCUT2D eigenvalue weighted by atomic mass is 10.3. The molecule has 7 nitrogen and oxygen atoms in total. The Balaban J connectivity index is 0.00000364. The smallest absolute Gasteiger partial charge is 0.191 e. The van der Waals surface area contributed by atoms with E-state index in [9.17, 15) is 12.8 Å². The molecule has 0 saturated carbocycles. The van der Waals surface area contributed by atoms with Crippen LogP contribution in [-0.2, 0) is 16.4 Å². The van der Waals surface area contributed by atoms with Crippen molar-refractivity contribution >= 4 is 56.2 Å². The van der Waals surface area contributed by atoms with Crippen LogP contribution in [0.3, 0.4) is 0 Å². The lowest BCUT2D eigenvalue weighted by Gasteiger charge is -2.11. The molecule has 2 aromatic rings. The number of rotatable bonds is 7. The summed E-state index contributed by atoms with van der Waals surface area (Å²) >= 11 is 1.54. The SMILES string of the molecule is CN=C(NCCS(=O)(=O)c1ccccc1F)NCc1csc(N(C)C)n1.I. The monoisotopic (exact) mass is 527 g/mol. The number of nitrogens with zero attached hydrogens (tertiary/aromatic N) is 3. The van der Waals surface area contributed by atoms with Gasteiger partial charge in [0.05, 0.1) is 18.0 Å². The second-order valence-electron chi connectivity index (χ2n) is 5.62. The van der Waals surface area contributed by atoms with Crippen molar-refractivity contribution in [1.29, 1.82) is 0 Å². The summed E-state index contributed by atoms with van der Waals surface area (Å²) in [6.45, 7) is 0.570. The van der Waals surface area contributed by atoms with E-state index < -0.39 is 15.7 Å². The highest BCUT2D eigenvalue weighted by Crippen LogP contribution is 2.17. The number of hydrogen-bond donors (Lipinski definition) is 2. The summed E-state index contributed by atoms with van der Waals surface area (Å²) in [7, 11) is 1.73. The van der Waals surface area contributed by atoms with Crippen molar-refractivity contribution in [3.8, 4) is 0 Å². The molecule has 11 heteroatoms. The van der Waals surface area contributed by atoms with E-state index in [1.807, 2.05) is 24.4 Å². The molecule has 2 N–H and O–H groups in total. The number of aliphatic imine (C=N–C) groups is 1. The number of hydrogen-bond acceptors (Lipinski definition) is 6. The zero-order chi connectivity index (χ0) is 19.2. The van der Waals surface area contributed by atoms with Crippen LogP contribution in [0, 0.1) is 5.82 Å². The fourth-order valence-corrected chi connectivity index (χ4v) is 4.09. The van der Waals surface area contributed by atoms with E-state index in [0.717, 1.165) is 16.9 Å². The van der Waals surface area contributed by atoms with Crippen LogP contribution in [-0.4, -0.2) is 52.8 Å². The third-order valence-electron chi connectivity index (χ3n) is 3.42. The average molecular weight is 527 g/mol. The van der Waals surface area contributed by atoms with Crippen molar-refractivity contribution in [2.24, 2.45) is 4.99 Å². The minimum Gasteiger partial charge on any atom is -0.355 e. The Morgan fingerprint density at radius 3 is 2.59 bits per heavy atom. The van der Waals surface area contributed by atoms with E-state index in [1.165, 1.54) is 29.5 Å². The predicted molar refractivity (Wildman–Crippen MR) is 119 cm³/mol. The number of thiazole rings is 1. The molecule has 0 spiro atoms. The third kappa shape index (κ3) is 6.88. The Morgan fingerprint density at radius 1 is 1.30 bits per heavy atom. The van der Waals surface area contributed by atoms with Gasteiger partial charge in [-0.1, -0.05) is 12.1 Å². The maximum atomic E-state index is 13.7. The maximum absolute atomic E-state index is 13.7. The lowest BCUT2D eigenvalue weighted by Crippen LogP contribution is -2.39. The second-order valence-corrected chi connectivity index (χ2v) is 8.53. The summed E-state index contributed by atoms with van der Waals surface area (Å²) in [5, 5.41) is 8.83. The standard InChI is InChI=1S/C16H22FN5O2S2.HI/c1-18-15(20-10-12-11-25-16(21-12)22(2)3)19-8-9-26(23,24)14-7-5-4-6-13(14)17;/h4-7,11H,8-10H2,1-3H3,(H2,18,19,20);1H. The van der Waals surface area contributed by atoms with Gasteiger partial charge in [-0.3, -0.25) is 4.99 Å². The molecule has 0 amide bonds. The summed E-state index contributed by atoms with van der Waals surface area (Å²) in [4.78, 5) is 10.1. The molecule has 1 heterocycles. The first-order chi connectivity index (χ1) is 12.3. The highest BCUT2D eigenvalue weighted by molar-refractivity contribution is 14.0. The summed E-state index contributed by atoms with van der Waals surface area (Å²) < 4.78 is 38.1. The number of guanidine groups is 1. The van der Waals surface area contributed by atoms with E-state index in [4.69, 9.17) is 0 Å². The van der Waals surface area contributed by atoms with Crippen molar-refractivity contribution in [2.75, 3.05) is 38.3 Å². The van der Waals surface area contributed by atoms with Crippen LogP contribution in [0.25, 0.3) is 0 Å². The second kappa shape index (κ2) is 10.8. The predicted octanol–water partition coefficient (Wildman–Crippen LogP) is 2.11. The molecule has 1 aromatic carbocycles. The maximum Gasteiger partial charge on any atom is 0.191 e. The molecule has 0 aliphatic rings. The van der Waals surface area contributed by atoms with Gasteiger partial charge in [-0.15, -0.1) is 35.3 Å². The minimum atomic E-state index is -3.70. The molecule has 0 atom stereocenters. The van der Waals surface area contributed by atoms with Crippen LogP contribution in [0.2, 0.25) is 0 Å². The van der Waals surface area contributed by atoms with Gasteiger partial charge in [-0.05, 0) is 12.1 Å². The average Bonchev–Trinajstić information content (AvgIpc) is 3.07. The van der Waals surface area contributed by atoms with E-state index in [-0.39, 0.29) is 41.2 Å². The number of aromatic nitrogens is 1. The van der Waals surface area contributed by atoms with Crippen molar-refractivity contribution in [3.05, 3.63) is 41.2 Å². The first-order valence-corrected chi connectivity index (χ1v) is 10.4. The Morgan fingerprint density at radius 2 is 2.00 bits per heavy atom. The van der Waals surface area contributed by atoms with Crippen molar-refractivity contribution in [3.63, 3.8) is 0 Å². The molecular weight excluding hydrogens is 504 g/mol. The summed E-state index contributed by atoms with van der Waals surface area (Å²) in [6.07, 6.45) is 0. The Hall–Kier alpha value is -1.47. The summed E-state index contributed by atoms with van der Waals surface area (Å²) in [5.74, 6) is -0.529. The van der Waals surface area contributed by atoms with Gasteiger partial charge in [0.2, 0.25) is 0 Å². The van der Waals surface area contributed by atoms with Crippen LogP contribution in [0.4, 0.5) is 9.52 Å². The quantitative estimate of drug-likeness (QED) is 0.326.